The number of nitrogens with zero attached hydrogens (tertiary/aromatic N) is 2. The van der Waals surface area contributed by atoms with E-state index in [0.29, 0.717) is 0 Å². The lowest BCUT2D eigenvalue weighted by molar-refractivity contribution is 0.967. The van der Waals surface area contributed by atoms with Crippen LogP contribution in [0.3, 0.4) is 0 Å². The van der Waals surface area contributed by atoms with Crippen molar-refractivity contribution in [1.82, 2.24) is 15.6 Å². The first-order chi connectivity index (χ1) is 5.97. The topological polar surface area (TPSA) is 53.1 Å². The molecule has 0 bridgehead atoms. The molecule has 1 aliphatic heterocycles. The molecule has 0 radical (unpaired) electrons. The van der Waals surface area contributed by atoms with Crippen LogP contribution in [0.4, 0.5) is 0 Å². The zero-order valence-electron chi connectivity index (χ0n) is 6.36. The number of hydrazone groups is 1. The first kappa shape index (κ1) is 6.84. The summed E-state index contributed by atoms with van der Waals surface area (Å²) in [5, 5.41) is 10.8. The first-order valence-corrected chi connectivity index (χ1v) is 3.63. The van der Waals surface area contributed by atoms with Gasteiger partial charge >= 0.3 is 0 Å². The number of aromatic amines is 1. The molecule has 2 rings (SSSR count). The Bertz CT molecular complexity index is 332. The molecule has 0 saturated carbocycles. The van der Waals surface area contributed by atoms with E-state index in [2.05, 4.69) is 20.7 Å². The Kier molecular flexibility index (Phi) is 1.74. The van der Waals surface area contributed by atoms with Gasteiger partial charge in [0, 0.05) is 12.4 Å². The third-order valence-corrected chi connectivity index (χ3v) is 1.48. The van der Waals surface area contributed by atoms with Gasteiger partial charge in [-0.15, -0.1) is 0 Å². The van der Waals surface area contributed by atoms with Gasteiger partial charge in [-0.25, -0.2) is 0 Å². The zero-order chi connectivity index (χ0) is 8.23. The molecule has 0 unspecified atom stereocenters. The molecule has 4 heteroatoms. The molecule has 2 N–H and O–H groups in total. The van der Waals surface area contributed by atoms with Crippen LogP contribution < -0.4 is 5.43 Å². The van der Waals surface area contributed by atoms with Crippen LogP contribution in [0, 0.1) is 0 Å². The largest absolute Gasteiger partial charge is 0.285 e. The first-order valence-electron chi connectivity index (χ1n) is 3.63. The maximum atomic E-state index is 4.08. The van der Waals surface area contributed by atoms with E-state index in [4.69, 9.17) is 0 Å². The molecule has 1 aromatic heterocycles. The Morgan fingerprint density at radius 3 is 3.08 bits per heavy atom. The molecule has 1 aromatic rings. The highest BCUT2D eigenvalue weighted by Crippen LogP contribution is 1.98. The third kappa shape index (κ3) is 1.27. The van der Waals surface area contributed by atoms with Crippen molar-refractivity contribution in [3.63, 3.8) is 0 Å². The minimum Gasteiger partial charge on any atom is -0.285 e. The van der Waals surface area contributed by atoms with Crippen LogP contribution in [0.1, 0.15) is 5.69 Å². The fourth-order valence-corrected chi connectivity index (χ4v) is 0.935. The average molecular weight is 160 g/mol. The summed E-state index contributed by atoms with van der Waals surface area (Å²) in [6.07, 6.45) is 9.21. The number of H-pyrrole nitrogens is 1. The Labute approximate surface area is 69.7 Å². The lowest BCUT2D eigenvalue weighted by Gasteiger charge is -1.93. The van der Waals surface area contributed by atoms with Crippen molar-refractivity contribution in [2.45, 2.75) is 0 Å². The highest BCUT2D eigenvalue weighted by atomic mass is 15.3. The standard InChI is InChI=1S/C8H8N4/c1-2-5-9-11-7(3-1)8-4-6-10-12-8/h1-6,9H,(H,10,12). The van der Waals surface area contributed by atoms with Crippen molar-refractivity contribution in [3.05, 3.63) is 42.4 Å². The third-order valence-electron chi connectivity index (χ3n) is 1.48. The van der Waals surface area contributed by atoms with Gasteiger partial charge in [0.25, 0.3) is 0 Å². The van der Waals surface area contributed by atoms with Crippen molar-refractivity contribution >= 4 is 5.71 Å². The van der Waals surface area contributed by atoms with Crippen molar-refractivity contribution in [1.29, 1.82) is 0 Å². The van der Waals surface area contributed by atoms with Crippen molar-refractivity contribution < 1.29 is 0 Å². The second-order valence-corrected chi connectivity index (χ2v) is 2.30. The lowest BCUT2D eigenvalue weighted by atomic mass is 10.2. The number of aromatic nitrogens is 2. The van der Waals surface area contributed by atoms with Crippen LogP contribution in [0.25, 0.3) is 0 Å². The molecule has 2 heterocycles. The number of rotatable bonds is 1. The number of allylic oxidation sites excluding steroid dienone is 3. The van der Waals surface area contributed by atoms with Crippen LogP contribution in [-0.2, 0) is 0 Å². The molecule has 0 amide bonds. The molecular weight excluding hydrogens is 152 g/mol. The van der Waals surface area contributed by atoms with Crippen LogP contribution in [0.15, 0.2) is 41.8 Å². The molecule has 60 valence electrons. The number of hydrogen-bond acceptors (Lipinski definition) is 3. The van der Waals surface area contributed by atoms with Crippen LogP contribution in [0.5, 0.6) is 0 Å². The Morgan fingerprint density at radius 2 is 2.25 bits per heavy atom. The molecule has 1 aliphatic rings. The van der Waals surface area contributed by atoms with Gasteiger partial charge in [0.1, 0.15) is 11.4 Å². The van der Waals surface area contributed by atoms with E-state index in [1.165, 1.54) is 0 Å². The SMILES string of the molecule is C1=CNN=C(c2cc[nH]n2)C=C1. The summed E-state index contributed by atoms with van der Waals surface area (Å²) < 4.78 is 0. The van der Waals surface area contributed by atoms with Gasteiger partial charge in [-0.2, -0.15) is 10.2 Å². The average Bonchev–Trinajstić information content (AvgIpc) is 2.48. The summed E-state index contributed by atoms with van der Waals surface area (Å²) in [6, 6.07) is 1.87. The summed E-state index contributed by atoms with van der Waals surface area (Å²) in [6.45, 7) is 0. The van der Waals surface area contributed by atoms with Gasteiger partial charge in [0.2, 0.25) is 0 Å². The fourth-order valence-electron chi connectivity index (χ4n) is 0.935. The van der Waals surface area contributed by atoms with E-state index in [-0.39, 0.29) is 0 Å². The lowest BCUT2D eigenvalue weighted by Crippen LogP contribution is -2.02. The van der Waals surface area contributed by atoms with Crippen molar-refractivity contribution in [3.8, 4) is 0 Å². The Morgan fingerprint density at radius 1 is 1.25 bits per heavy atom. The second kappa shape index (κ2) is 3.04. The van der Waals surface area contributed by atoms with Gasteiger partial charge in [0.15, 0.2) is 0 Å². The summed E-state index contributed by atoms with van der Waals surface area (Å²) in [5.74, 6) is 0. The molecule has 12 heavy (non-hydrogen) atoms. The summed E-state index contributed by atoms with van der Waals surface area (Å²) in [5.41, 5.74) is 4.43. The van der Waals surface area contributed by atoms with Gasteiger partial charge in [-0.3, -0.25) is 10.5 Å². The predicted octanol–water partition coefficient (Wildman–Crippen LogP) is 0.787. The molecule has 0 saturated heterocycles. The van der Waals surface area contributed by atoms with E-state index in [1.54, 1.807) is 12.4 Å². The smallest absolute Gasteiger partial charge is 0.112 e. The summed E-state index contributed by atoms with van der Waals surface area (Å²) in [4.78, 5) is 0. The highest BCUT2D eigenvalue weighted by Gasteiger charge is 2.01. The minimum atomic E-state index is 0.821. The monoisotopic (exact) mass is 160 g/mol. The summed E-state index contributed by atoms with van der Waals surface area (Å²) >= 11 is 0. The number of hydrogen-bond donors (Lipinski definition) is 2. The van der Waals surface area contributed by atoms with Crippen molar-refractivity contribution in [2.75, 3.05) is 0 Å². The zero-order valence-corrected chi connectivity index (χ0v) is 6.36. The van der Waals surface area contributed by atoms with Crippen LogP contribution in [-0.4, -0.2) is 15.9 Å². The Balaban J connectivity index is 2.30. The molecule has 0 fully saturated rings. The quantitative estimate of drug-likeness (QED) is 0.638. The van der Waals surface area contributed by atoms with Gasteiger partial charge < -0.3 is 0 Å². The maximum absolute atomic E-state index is 4.08. The van der Waals surface area contributed by atoms with Crippen LogP contribution in [0.2, 0.25) is 0 Å². The molecule has 0 aliphatic carbocycles. The number of nitrogens with one attached hydrogen (secondary N) is 2. The van der Waals surface area contributed by atoms with Gasteiger partial charge in [0.05, 0.1) is 0 Å². The predicted molar refractivity (Wildman–Crippen MR) is 46.5 cm³/mol. The van der Waals surface area contributed by atoms with E-state index < -0.39 is 0 Å². The highest BCUT2D eigenvalue weighted by molar-refractivity contribution is 6.07. The van der Waals surface area contributed by atoms with Crippen molar-refractivity contribution in [2.24, 2.45) is 5.10 Å². The fraction of sp³-hybridized carbons (Fsp3) is 0. The second-order valence-electron chi connectivity index (χ2n) is 2.30. The minimum absolute atomic E-state index is 0.821. The van der Waals surface area contributed by atoms with E-state index in [9.17, 15) is 0 Å². The maximum Gasteiger partial charge on any atom is 0.112 e. The molecule has 0 spiro atoms. The van der Waals surface area contributed by atoms with E-state index >= 15 is 0 Å². The summed E-state index contributed by atoms with van der Waals surface area (Å²) in [7, 11) is 0. The van der Waals surface area contributed by atoms with E-state index in [1.807, 2.05) is 24.3 Å². The van der Waals surface area contributed by atoms with Gasteiger partial charge in [-0.1, -0.05) is 6.08 Å². The molecule has 4 nitrogen and oxygen atoms in total. The van der Waals surface area contributed by atoms with Gasteiger partial charge in [-0.05, 0) is 18.2 Å². The van der Waals surface area contributed by atoms with Crippen LogP contribution >= 0.6 is 0 Å². The molecular formula is C8H8N4. The molecule has 0 atom stereocenters. The molecule has 0 aromatic carbocycles. The van der Waals surface area contributed by atoms with E-state index in [0.717, 1.165) is 11.4 Å². The Hall–Kier alpha value is -1.84. The normalized spacial score (nSPS) is 15.2.